The maximum Gasteiger partial charge on any atom is 0.227 e. The Morgan fingerprint density at radius 2 is 2.00 bits per heavy atom. The van der Waals surface area contributed by atoms with E-state index in [9.17, 15) is 0 Å². The third-order valence-electron chi connectivity index (χ3n) is 5.38. The van der Waals surface area contributed by atoms with Crippen molar-refractivity contribution in [3.05, 3.63) is 48.4 Å². The van der Waals surface area contributed by atoms with Gasteiger partial charge >= 0.3 is 0 Å². The molecule has 0 amide bonds. The smallest absolute Gasteiger partial charge is 0.227 e. The van der Waals surface area contributed by atoms with E-state index in [1.807, 2.05) is 24.3 Å². The Morgan fingerprint density at radius 1 is 1.22 bits per heavy atom. The van der Waals surface area contributed by atoms with Crippen molar-refractivity contribution in [2.24, 2.45) is 16.1 Å². The highest BCUT2D eigenvalue weighted by molar-refractivity contribution is 6.09. The zero-order valence-electron chi connectivity index (χ0n) is 19.5. The van der Waals surface area contributed by atoms with Crippen LogP contribution in [0.4, 0.5) is 17.5 Å². The zero-order valence-corrected chi connectivity index (χ0v) is 19.5. The number of aromatic nitrogens is 3. The van der Waals surface area contributed by atoms with Crippen LogP contribution in [0.3, 0.4) is 0 Å². The molecule has 3 rings (SSSR count). The predicted octanol–water partition coefficient (Wildman–Crippen LogP) is 4.62. The SMILES string of the molecule is CN=CC(=CN)c1ccc(Nc2ncc3ccnc(N[C@@H](C)C(C)(C)C)c3n2)c(OC)c1. The van der Waals surface area contributed by atoms with Gasteiger partial charge < -0.3 is 21.1 Å². The van der Waals surface area contributed by atoms with Crippen LogP contribution < -0.4 is 21.1 Å². The first kappa shape index (κ1) is 23.0. The Hall–Kier alpha value is -3.68. The number of hydrogen-bond acceptors (Lipinski definition) is 8. The lowest BCUT2D eigenvalue weighted by Gasteiger charge is -2.28. The summed E-state index contributed by atoms with van der Waals surface area (Å²) in [6, 6.07) is 7.83. The van der Waals surface area contributed by atoms with Gasteiger partial charge in [0.25, 0.3) is 0 Å². The van der Waals surface area contributed by atoms with Crippen molar-refractivity contribution in [1.82, 2.24) is 15.0 Å². The van der Waals surface area contributed by atoms with Gasteiger partial charge in [-0.1, -0.05) is 26.8 Å². The van der Waals surface area contributed by atoms with Gasteiger partial charge in [-0.25, -0.2) is 15.0 Å². The fourth-order valence-corrected chi connectivity index (χ4v) is 2.99. The number of nitrogens with one attached hydrogen (secondary N) is 2. The second-order valence-electron chi connectivity index (χ2n) is 8.57. The largest absolute Gasteiger partial charge is 0.495 e. The van der Waals surface area contributed by atoms with E-state index in [1.165, 1.54) is 6.20 Å². The predicted molar refractivity (Wildman–Crippen MR) is 133 cm³/mol. The summed E-state index contributed by atoms with van der Waals surface area (Å²) < 4.78 is 5.58. The summed E-state index contributed by atoms with van der Waals surface area (Å²) in [6.07, 6.45) is 6.77. The maximum absolute atomic E-state index is 5.73. The quantitative estimate of drug-likeness (QED) is 0.466. The number of anilines is 3. The molecule has 0 aliphatic rings. The average molecular weight is 434 g/mol. The van der Waals surface area contributed by atoms with Gasteiger partial charge in [0.1, 0.15) is 11.3 Å². The number of pyridine rings is 1. The molecule has 0 saturated heterocycles. The Bertz CT molecular complexity index is 1150. The number of ether oxygens (including phenoxy) is 1. The zero-order chi connectivity index (χ0) is 23.3. The molecule has 0 aliphatic carbocycles. The lowest BCUT2D eigenvalue weighted by atomic mass is 9.88. The topological polar surface area (TPSA) is 110 Å². The second-order valence-corrected chi connectivity index (χ2v) is 8.57. The molecule has 2 heterocycles. The minimum absolute atomic E-state index is 0.0758. The third kappa shape index (κ3) is 5.14. The average Bonchev–Trinajstić information content (AvgIpc) is 2.77. The lowest BCUT2D eigenvalue weighted by molar-refractivity contribution is 0.359. The van der Waals surface area contributed by atoms with Gasteiger partial charge in [0.2, 0.25) is 5.95 Å². The van der Waals surface area contributed by atoms with Crippen molar-refractivity contribution >= 4 is 40.1 Å². The van der Waals surface area contributed by atoms with Crippen LogP contribution in [-0.2, 0) is 0 Å². The molecule has 0 saturated carbocycles. The molecule has 8 heteroatoms. The normalized spacial score (nSPS) is 13.4. The highest BCUT2D eigenvalue weighted by atomic mass is 16.5. The molecule has 0 spiro atoms. The number of nitrogens with zero attached hydrogens (tertiary/aromatic N) is 4. The summed E-state index contributed by atoms with van der Waals surface area (Å²) in [5.41, 5.74) is 8.99. The first-order valence-corrected chi connectivity index (χ1v) is 10.4. The van der Waals surface area contributed by atoms with Crippen LogP contribution in [0.25, 0.3) is 16.5 Å². The molecule has 0 unspecified atom stereocenters. The van der Waals surface area contributed by atoms with Gasteiger partial charge in [-0.3, -0.25) is 4.99 Å². The van der Waals surface area contributed by atoms with E-state index < -0.39 is 0 Å². The molecule has 8 nitrogen and oxygen atoms in total. The van der Waals surface area contributed by atoms with Gasteiger partial charge in [0.05, 0.1) is 12.8 Å². The molecule has 3 aromatic rings. The molecule has 0 aliphatic heterocycles. The van der Waals surface area contributed by atoms with Gasteiger partial charge in [-0.15, -0.1) is 0 Å². The second kappa shape index (κ2) is 9.64. The molecule has 1 aromatic carbocycles. The summed E-state index contributed by atoms with van der Waals surface area (Å²) >= 11 is 0. The van der Waals surface area contributed by atoms with Crippen LogP contribution in [0.2, 0.25) is 0 Å². The van der Waals surface area contributed by atoms with E-state index in [2.05, 4.69) is 53.3 Å². The first-order valence-electron chi connectivity index (χ1n) is 10.4. The summed E-state index contributed by atoms with van der Waals surface area (Å²) in [5, 5.41) is 7.66. The number of fused-ring (bicyclic) bond motifs is 1. The fourth-order valence-electron chi connectivity index (χ4n) is 2.99. The number of hydrogen-bond donors (Lipinski definition) is 3. The number of benzene rings is 1. The van der Waals surface area contributed by atoms with E-state index in [0.29, 0.717) is 11.7 Å². The lowest BCUT2D eigenvalue weighted by Crippen LogP contribution is -2.31. The van der Waals surface area contributed by atoms with Crippen molar-refractivity contribution in [3.8, 4) is 5.75 Å². The number of rotatable bonds is 7. The van der Waals surface area contributed by atoms with Crippen molar-refractivity contribution < 1.29 is 4.74 Å². The molecule has 2 aromatic heterocycles. The molecular weight excluding hydrogens is 402 g/mol. The van der Waals surface area contributed by atoms with E-state index in [1.54, 1.807) is 32.8 Å². The Morgan fingerprint density at radius 3 is 2.66 bits per heavy atom. The Labute approximate surface area is 189 Å². The van der Waals surface area contributed by atoms with Crippen LogP contribution in [0.1, 0.15) is 33.3 Å². The minimum Gasteiger partial charge on any atom is -0.495 e. The number of nitrogens with two attached hydrogens (primary N) is 1. The summed E-state index contributed by atoms with van der Waals surface area (Å²) in [5.74, 6) is 1.82. The highest BCUT2D eigenvalue weighted by Gasteiger charge is 2.21. The molecule has 0 radical (unpaired) electrons. The van der Waals surface area contributed by atoms with Crippen molar-refractivity contribution in [3.63, 3.8) is 0 Å². The molecule has 32 heavy (non-hydrogen) atoms. The summed E-state index contributed by atoms with van der Waals surface area (Å²) in [7, 11) is 3.32. The van der Waals surface area contributed by atoms with E-state index in [-0.39, 0.29) is 11.5 Å². The van der Waals surface area contributed by atoms with E-state index in [0.717, 1.165) is 33.5 Å². The van der Waals surface area contributed by atoms with Crippen LogP contribution in [0.5, 0.6) is 5.75 Å². The van der Waals surface area contributed by atoms with Crippen LogP contribution >= 0.6 is 0 Å². The molecular formula is C24H31N7O. The fraction of sp³-hybridized carbons (Fsp3) is 0.333. The van der Waals surface area contributed by atoms with Gasteiger partial charge in [-0.05, 0) is 36.1 Å². The Balaban J connectivity index is 1.95. The van der Waals surface area contributed by atoms with Crippen LogP contribution in [0, 0.1) is 5.41 Å². The van der Waals surface area contributed by atoms with E-state index >= 15 is 0 Å². The minimum atomic E-state index is 0.0758. The number of aliphatic imine (C=N–C) groups is 1. The van der Waals surface area contributed by atoms with Crippen molar-refractivity contribution in [2.75, 3.05) is 24.8 Å². The molecule has 0 fully saturated rings. The van der Waals surface area contributed by atoms with Crippen LogP contribution in [-0.4, -0.2) is 41.4 Å². The standard InChI is InChI=1S/C24H31N7O/c1-15(24(2,3)4)29-22-21-17(9-10-27-22)14-28-23(31-21)30-19-8-7-16(11-20(19)32-6)18(12-25)13-26-5/h7-15H,25H2,1-6H3,(H,27,29)(H,28,30,31)/t15-/m0/s1. The summed E-state index contributed by atoms with van der Waals surface area (Å²) in [6.45, 7) is 8.70. The molecule has 4 N–H and O–H groups in total. The maximum atomic E-state index is 5.73. The summed E-state index contributed by atoms with van der Waals surface area (Å²) in [4.78, 5) is 17.7. The van der Waals surface area contributed by atoms with Crippen molar-refractivity contribution in [1.29, 1.82) is 0 Å². The monoisotopic (exact) mass is 433 g/mol. The van der Waals surface area contributed by atoms with Gasteiger partial charge in [0, 0.05) is 48.9 Å². The highest BCUT2D eigenvalue weighted by Crippen LogP contribution is 2.31. The van der Waals surface area contributed by atoms with Gasteiger partial charge in [0.15, 0.2) is 5.82 Å². The Kier molecular flexibility index (Phi) is 6.92. The molecule has 1 atom stereocenters. The van der Waals surface area contributed by atoms with E-state index in [4.69, 9.17) is 15.5 Å². The van der Waals surface area contributed by atoms with Crippen LogP contribution in [0.15, 0.2) is 47.9 Å². The first-order chi connectivity index (χ1) is 15.3. The number of allylic oxidation sites excluding steroid dienone is 1. The number of methoxy groups -OCH3 is 1. The molecule has 168 valence electrons. The van der Waals surface area contributed by atoms with Crippen molar-refractivity contribution in [2.45, 2.75) is 33.7 Å². The molecule has 0 bridgehead atoms. The third-order valence-corrected chi connectivity index (χ3v) is 5.38. The van der Waals surface area contributed by atoms with Gasteiger partial charge in [-0.2, -0.15) is 0 Å².